The van der Waals surface area contributed by atoms with Gasteiger partial charge in [0.15, 0.2) is 0 Å². The Balaban J connectivity index is 2.10. The second-order valence-electron chi connectivity index (χ2n) is 3.33. The van der Waals surface area contributed by atoms with Gasteiger partial charge in [0, 0.05) is 18.1 Å². The van der Waals surface area contributed by atoms with E-state index in [1.165, 1.54) is 36.9 Å². The highest BCUT2D eigenvalue weighted by molar-refractivity contribution is 6.25. The average Bonchev–Trinajstić information content (AvgIpc) is 2.46. The largest absolute Gasteiger partial charge is 0.295 e. The van der Waals surface area contributed by atoms with Crippen LogP contribution < -0.4 is 0 Å². The van der Waals surface area contributed by atoms with Crippen molar-refractivity contribution in [2.45, 2.75) is 25.3 Å². The number of nitrogens with zero attached hydrogens (tertiary/aromatic N) is 1. The molecule has 2 aliphatic rings. The van der Waals surface area contributed by atoms with Crippen LogP contribution >= 0.6 is 11.6 Å². The third kappa shape index (κ3) is 1.37. The van der Waals surface area contributed by atoms with Crippen molar-refractivity contribution in [1.82, 2.24) is 4.90 Å². The fourth-order valence-corrected chi connectivity index (χ4v) is 2.26. The van der Waals surface area contributed by atoms with Gasteiger partial charge in [-0.15, -0.1) is 5.73 Å². The van der Waals surface area contributed by atoms with Crippen molar-refractivity contribution in [3.63, 3.8) is 0 Å². The maximum absolute atomic E-state index is 5.46. The van der Waals surface area contributed by atoms with E-state index in [2.05, 4.69) is 10.6 Å². The summed E-state index contributed by atoms with van der Waals surface area (Å²) in [7, 11) is 0. The molecule has 2 heteroatoms. The Hall–Kier alpha value is -0.230. The molecule has 0 aromatic heterocycles. The summed E-state index contributed by atoms with van der Waals surface area (Å²) in [6, 6.07) is 0.814. The van der Waals surface area contributed by atoms with Crippen LogP contribution in [0.15, 0.2) is 16.8 Å². The van der Waals surface area contributed by atoms with Crippen molar-refractivity contribution in [3.05, 3.63) is 16.8 Å². The van der Waals surface area contributed by atoms with E-state index in [0.29, 0.717) is 0 Å². The molecule has 0 aromatic rings. The first-order chi connectivity index (χ1) is 5.40. The van der Waals surface area contributed by atoms with Crippen molar-refractivity contribution in [1.29, 1.82) is 0 Å². The van der Waals surface area contributed by atoms with Gasteiger partial charge in [0.1, 0.15) is 0 Å². The Morgan fingerprint density at radius 2 is 2.55 bits per heavy atom. The van der Waals surface area contributed by atoms with Gasteiger partial charge in [-0.3, -0.25) is 4.90 Å². The molecule has 0 aromatic carbocycles. The maximum Gasteiger partial charge on any atom is 0.0462 e. The van der Waals surface area contributed by atoms with Crippen molar-refractivity contribution in [2.24, 2.45) is 0 Å². The van der Waals surface area contributed by atoms with Crippen LogP contribution in [0.2, 0.25) is 0 Å². The van der Waals surface area contributed by atoms with Crippen molar-refractivity contribution >= 4 is 11.6 Å². The van der Waals surface area contributed by atoms with Crippen LogP contribution in [-0.2, 0) is 0 Å². The lowest BCUT2D eigenvalue weighted by Gasteiger charge is -2.11. The predicted molar refractivity (Wildman–Crippen MR) is 46.7 cm³/mol. The molecule has 2 fully saturated rings. The standard InChI is InChI=1S/C9H12ClN/c10-4-3-8-6-9-2-1-5-11(9)7-8/h4,9H,1-2,5-7H2. The Morgan fingerprint density at radius 1 is 1.64 bits per heavy atom. The second-order valence-corrected chi connectivity index (χ2v) is 3.55. The van der Waals surface area contributed by atoms with Gasteiger partial charge in [0.05, 0.1) is 0 Å². The maximum atomic E-state index is 5.46. The van der Waals surface area contributed by atoms with Crippen LogP contribution in [-0.4, -0.2) is 24.0 Å². The minimum absolute atomic E-state index is 0.814. The highest BCUT2D eigenvalue weighted by Gasteiger charge is 2.31. The van der Waals surface area contributed by atoms with Crippen LogP contribution in [0.3, 0.4) is 0 Å². The summed E-state index contributed by atoms with van der Waals surface area (Å²) in [5.74, 6) is 0. The van der Waals surface area contributed by atoms with E-state index in [4.69, 9.17) is 11.6 Å². The van der Waals surface area contributed by atoms with E-state index in [1.54, 1.807) is 0 Å². The van der Waals surface area contributed by atoms with Crippen LogP contribution in [0.4, 0.5) is 0 Å². The third-order valence-electron chi connectivity index (χ3n) is 2.63. The number of halogens is 1. The summed E-state index contributed by atoms with van der Waals surface area (Å²) in [6.45, 7) is 2.38. The summed E-state index contributed by atoms with van der Waals surface area (Å²) in [4.78, 5) is 2.53. The van der Waals surface area contributed by atoms with Gasteiger partial charge < -0.3 is 0 Å². The lowest BCUT2D eigenvalue weighted by atomic mass is 10.1. The Labute approximate surface area is 72.3 Å². The van der Waals surface area contributed by atoms with E-state index in [0.717, 1.165) is 12.6 Å². The first-order valence-electron chi connectivity index (χ1n) is 4.17. The minimum Gasteiger partial charge on any atom is -0.295 e. The molecule has 1 unspecified atom stereocenters. The quantitative estimate of drug-likeness (QED) is 0.503. The average molecular weight is 170 g/mol. The molecule has 0 amide bonds. The van der Waals surface area contributed by atoms with Gasteiger partial charge in [-0.1, -0.05) is 11.6 Å². The molecular formula is C9H12ClN. The minimum atomic E-state index is 0.814. The Kier molecular flexibility index (Phi) is 2.04. The molecule has 11 heavy (non-hydrogen) atoms. The molecule has 2 heterocycles. The topological polar surface area (TPSA) is 3.24 Å². The van der Waals surface area contributed by atoms with Gasteiger partial charge >= 0.3 is 0 Å². The number of hydrogen-bond acceptors (Lipinski definition) is 1. The van der Waals surface area contributed by atoms with Crippen molar-refractivity contribution in [3.8, 4) is 0 Å². The van der Waals surface area contributed by atoms with Crippen LogP contribution in [0.5, 0.6) is 0 Å². The molecule has 0 spiro atoms. The van der Waals surface area contributed by atoms with Gasteiger partial charge in [0.25, 0.3) is 0 Å². The fraction of sp³-hybridized carbons (Fsp3) is 0.667. The summed E-state index contributed by atoms with van der Waals surface area (Å²) in [6.07, 6.45) is 3.94. The molecular weight excluding hydrogens is 158 g/mol. The molecule has 0 aliphatic carbocycles. The molecule has 1 atom stereocenters. The van der Waals surface area contributed by atoms with E-state index in [-0.39, 0.29) is 0 Å². The fourth-order valence-electron chi connectivity index (χ4n) is 2.11. The van der Waals surface area contributed by atoms with Crippen LogP contribution in [0.1, 0.15) is 19.3 Å². The molecule has 0 saturated carbocycles. The van der Waals surface area contributed by atoms with E-state index in [9.17, 15) is 0 Å². The lowest BCUT2D eigenvalue weighted by Crippen LogP contribution is -2.21. The molecule has 60 valence electrons. The zero-order valence-corrected chi connectivity index (χ0v) is 7.27. The van der Waals surface area contributed by atoms with Crippen LogP contribution in [0.25, 0.3) is 0 Å². The molecule has 2 saturated heterocycles. The van der Waals surface area contributed by atoms with Crippen molar-refractivity contribution < 1.29 is 0 Å². The van der Waals surface area contributed by atoms with Gasteiger partial charge in [-0.25, -0.2) is 0 Å². The number of fused-ring (bicyclic) bond motifs is 1. The summed E-state index contributed by atoms with van der Waals surface area (Å²) < 4.78 is 0. The Bertz CT molecular complexity index is 202. The zero-order valence-electron chi connectivity index (χ0n) is 6.52. The second kappa shape index (κ2) is 3.02. The van der Waals surface area contributed by atoms with E-state index < -0.39 is 0 Å². The molecule has 2 aliphatic heterocycles. The first kappa shape index (κ1) is 7.42. The van der Waals surface area contributed by atoms with Crippen LogP contribution in [0, 0.1) is 0 Å². The number of hydrogen-bond donors (Lipinski definition) is 0. The summed E-state index contributed by atoms with van der Waals surface area (Å²) in [5.41, 5.74) is 5.98. The number of rotatable bonds is 0. The van der Waals surface area contributed by atoms with Gasteiger partial charge in [-0.2, -0.15) is 0 Å². The smallest absolute Gasteiger partial charge is 0.0462 e. The SMILES string of the molecule is ClC=C=C1CC2CCCN2C1. The molecule has 0 radical (unpaired) electrons. The normalized spacial score (nSPS) is 30.3. The van der Waals surface area contributed by atoms with Crippen molar-refractivity contribution in [2.75, 3.05) is 13.1 Å². The van der Waals surface area contributed by atoms with Gasteiger partial charge in [-0.05, 0) is 31.4 Å². The van der Waals surface area contributed by atoms with E-state index >= 15 is 0 Å². The zero-order chi connectivity index (χ0) is 7.68. The predicted octanol–water partition coefficient (Wildman–Crippen LogP) is 2.13. The first-order valence-corrected chi connectivity index (χ1v) is 4.61. The molecule has 0 N–H and O–H groups in total. The highest BCUT2D eigenvalue weighted by Crippen LogP contribution is 2.30. The molecule has 1 nitrogen and oxygen atoms in total. The lowest BCUT2D eigenvalue weighted by molar-refractivity contribution is 0.327. The van der Waals surface area contributed by atoms with E-state index in [1.807, 2.05) is 0 Å². The summed E-state index contributed by atoms with van der Waals surface area (Å²) in [5, 5.41) is 0. The van der Waals surface area contributed by atoms with Gasteiger partial charge in [0.2, 0.25) is 0 Å². The monoisotopic (exact) mass is 169 g/mol. The Morgan fingerprint density at radius 3 is 3.27 bits per heavy atom. The summed E-state index contributed by atoms with van der Waals surface area (Å²) >= 11 is 5.46. The highest BCUT2D eigenvalue weighted by atomic mass is 35.5. The molecule has 2 rings (SSSR count). The third-order valence-corrected chi connectivity index (χ3v) is 2.74. The molecule has 0 bridgehead atoms.